The van der Waals surface area contributed by atoms with Crippen molar-refractivity contribution in [3.05, 3.63) is 29.6 Å². The molecule has 0 aromatic carbocycles. The van der Waals surface area contributed by atoms with E-state index in [4.69, 9.17) is 5.26 Å². The van der Waals surface area contributed by atoms with Crippen molar-refractivity contribution in [2.45, 2.75) is 50.9 Å². The van der Waals surface area contributed by atoms with E-state index in [1.807, 2.05) is 18.3 Å². The third kappa shape index (κ3) is 2.61. The van der Waals surface area contributed by atoms with Crippen LogP contribution in [0.3, 0.4) is 0 Å². The molecule has 0 saturated heterocycles. The normalized spacial score (nSPS) is 18.4. The average Bonchev–Trinajstić information content (AvgIpc) is 2.29. The summed E-state index contributed by atoms with van der Waals surface area (Å²) in [5, 5.41) is 9.08. The number of hydrogen-bond donors (Lipinski definition) is 0. The molecule has 0 spiro atoms. The van der Waals surface area contributed by atoms with E-state index in [1.54, 1.807) is 0 Å². The van der Waals surface area contributed by atoms with Crippen molar-refractivity contribution in [2.24, 2.45) is 0 Å². The van der Waals surface area contributed by atoms with Crippen LogP contribution in [-0.2, 0) is 0 Å². The van der Waals surface area contributed by atoms with Gasteiger partial charge in [-0.1, -0.05) is 32.1 Å². The molecular formula is C14H18N2. The molecule has 2 nitrogen and oxygen atoms in total. The minimum Gasteiger partial charge on any atom is -0.260 e. The lowest BCUT2D eigenvalue weighted by atomic mass is 9.87. The first kappa shape index (κ1) is 11.1. The van der Waals surface area contributed by atoms with Gasteiger partial charge in [-0.2, -0.15) is 5.26 Å². The van der Waals surface area contributed by atoms with E-state index in [1.165, 1.54) is 44.9 Å². The highest BCUT2D eigenvalue weighted by Gasteiger charge is 2.17. The van der Waals surface area contributed by atoms with E-state index in [2.05, 4.69) is 11.1 Å². The van der Waals surface area contributed by atoms with Crippen molar-refractivity contribution in [1.82, 2.24) is 4.98 Å². The molecule has 0 aliphatic heterocycles. The van der Waals surface area contributed by atoms with Crippen LogP contribution in [0.15, 0.2) is 18.3 Å². The summed E-state index contributed by atoms with van der Waals surface area (Å²) in [6, 6.07) is 6.01. The highest BCUT2D eigenvalue weighted by Crippen LogP contribution is 2.31. The maximum Gasteiger partial charge on any atom is 0.101 e. The second kappa shape index (κ2) is 5.65. The predicted molar refractivity (Wildman–Crippen MR) is 64.0 cm³/mol. The smallest absolute Gasteiger partial charge is 0.101 e. The number of pyridine rings is 1. The molecule has 1 aliphatic carbocycles. The minimum atomic E-state index is 0.510. The van der Waals surface area contributed by atoms with Gasteiger partial charge in [0.1, 0.15) is 6.07 Å². The first-order valence-corrected chi connectivity index (χ1v) is 6.27. The fraction of sp³-hybridized carbons (Fsp3) is 0.571. The van der Waals surface area contributed by atoms with Crippen LogP contribution in [0, 0.1) is 11.3 Å². The van der Waals surface area contributed by atoms with Gasteiger partial charge in [-0.05, 0) is 25.0 Å². The SMILES string of the molecule is N#Cc1cccnc1C1CCCCCCC1. The van der Waals surface area contributed by atoms with Gasteiger partial charge >= 0.3 is 0 Å². The second-order valence-electron chi connectivity index (χ2n) is 4.59. The van der Waals surface area contributed by atoms with Gasteiger partial charge in [-0.15, -0.1) is 0 Å². The number of aromatic nitrogens is 1. The molecule has 84 valence electrons. The number of nitrogens with zero attached hydrogens (tertiary/aromatic N) is 2. The molecule has 1 aliphatic rings. The first-order chi connectivity index (χ1) is 7.92. The summed E-state index contributed by atoms with van der Waals surface area (Å²) in [6.07, 6.45) is 10.8. The number of rotatable bonds is 1. The van der Waals surface area contributed by atoms with E-state index in [9.17, 15) is 0 Å². The Balaban J connectivity index is 2.17. The lowest BCUT2D eigenvalue weighted by molar-refractivity contribution is 0.449. The molecule has 2 heteroatoms. The molecule has 0 amide bonds. The molecular weight excluding hydrogens is 196 g/mol. The summed E-state index contributed by atoms with van der Waals surface area (Å²) < 4.78 is 0. The van der Waals surface area contributed by atoms with Gasteiger partial charge in [-0.25, -0.2) is 0 Å². The van der Waals surface area contributed by atoms with Crippen molar-refractivity contribution in [3.8, 4) is 6.07 Å². The Bertz CT molecular complexity index is 371. The average molecular weight is 214 g/mol. The lowest BCUT2D eigenvalue weighted by Gasteiger charge is -2.19. The summed E-state index contributed by atoms with van der Waals surface area (Å²) in [7, 11) is 0. The summed E-state index contributed by atoms with van der Waals surface area (Å²) in [5.74, 6) is 0.510. The maximum absolute atomic E-state index is 9.08. The molecule has 0 N–H and O–H groups in total. The van der Waals surface area contributed by atoms with Gasteiger partial charge < -0.3 is 0 Å². The molecule has 1 aromatic heterocycles. The first-order valence-electron chi connectivity index (χ1n) is 6.27. The Hall–Kier alpha value is -1.36. The van der Waals surface area contributed by atoms with Gasteiger partial charge in [0.15, 0.2) is 0 Å². The third-order valence-corrected chi connectivity index (χ3v) is 3.45. The molecule has 1 aromatic rings. The van der Waals surface area contributed by atoms with E-state index in [0.717, 1.165) is 11.3 Å². The molecule has 0 radical (unpaired) electrons. The Morgan fingerprint density at radius 3 is 2.50 bits per heavy atom. The van der Waals surface area contributed by atoms with Gasteiger partial charge in [0.2, 0.25) is 0 Å². The molecule has 0 atom stereocenters. The summed E-state index contributed by atoms with van der Waals surface area (Å²) in [4.78, 5) is 4.42. The zero-order valence-corrected chi connectivity index (χ0v) is 9.65. The van der Waals surface area contributed by atoms with Gasteiger partial charge in [0, 0.05) is 12.1 Å². The Morgan fingerprint density at radius 2 is 1.81 bits per heavy atom. The van der Waals surface area contributed by atoms with Crippen molar-refractivity contribution in [1.29, 1.82) is 5.26 Å². The Kier molecular flexibility index (Phi) is 3.93. The largest absolute Gasteiger partial charge is 0.260 e. The van der Waals surface area contributed by atoms with Crippen LogP contribution in [-0.4, -0.2) is 4.98 Å². The Labute approximate surface area is 97.3 Å². The Morgan fingerprint density at radius 1 is 1.12 bits per heavy atom. The van der Waals surface area contributed by atoms with Crippen molar-refractivity contribution >= 4 is 0 Å². The van der Waals surface area contributed by atoms with Crippen LogP contribution in [0.5, 0.6) is 0 Å². The molecule has 1 heterocycles. The maximum atomic E-state index is 9.08. The van der Waals surface area contributed by atoms with E-state index in [0.29, 0.717) is 5.92 Å². The van der Waals surface area contributed by atoms with E-state index in [-0.39, 0.29) is 0 Å². The van der Waals surface area contributed by atoms with Crippen LogP contribution in [0.25, 0.3) is 0 Å². The highest BCUT2D eigenvalue weighted by molar-refractivity contribution is 5.34. The van der Waals surface area contributed by atoms with Crippen molar-refractivity contribution in [3.63, 3.8) is 0 Å². The standard InChI is InChI=1S/C14H18N2/c15-11-13-9-6-10-16-14(13)12-7-4-2-1-3-5-8-12/h6,9-10,12H,1-5,7-8H2. The molecule has 0 unspecified atom stereocenters. The topological polar surface area (TPSA) is 36.7 Å². The van der Waals surface area contributed by atoms with Crippen LogP contribution < -0.4 is 0 Å². The fourth-order valence-electron chi connectivity index (χ4n) is 2.57. The minimum absolute atomic E-state index is 0.510. The number of hydrogen-bond acceptors (Lipinski definition) is 2. The fourth-order valence-corrected chi connectivity index (χ4v) is 2.57. The summed E-state index contributed by atoms with van der Waals surface area (Å²) >= 11 is 0. The number of nitriles is 1. The van der Waals surface area contributed by atoms with Crippen LogP contribution >= 0.6 is 0 Å². The van der Waals surface area contributed by atoms with Crippen LogP contribution in [0.2, 0.25) is 0 Å². The molecule has 2 rings (SSSR count). The molecule has 1 saturated carbocycles. The van der Waals surface area contributed by atoms with Crippen molar-refractivity contribution < 1.29 is 0 Å². The van der Waals surface area contributed by atoms with E-state index < -0.39 is 0 Å². The van der Waals surface area contributed by atoms with Gasteiger partial charge in [-0.3, -0.25) is 4.98 Å². The van der Waals surface area contributed by atoms with Crippen LogP contribution in [0.1, 0.15) is 62.1 Å². The zero-order chi connectivity index (χ0) is 11.2. The summed E-state index contributed by atoms with van der Waals surface area (Å²) in [5.41, 5.74) is 1.81. The quantitative estimate of drug-likeness (QED) is 0.713. The van der Waals surface area contributed by atoms with Gasteiger partial charge in [0.05, 0.1) is 11.3 Å². The lowest BCUT2D eigenvalue weighted by Crippen LogP contribution is -2.06. The van der Waals surface area contributed by atoms with Crippen molar-refractivity contribution in [2.75, 3.05) is 0 Å². The zero-order valence-electron chi connectivity index (χ0n) is 9.65. The molecule has 1 fully saturated rings. The third-order valence-electron chi connectivity index (χ3n) is 3.45. The highest BCUT2D eigenvalue weighted by atomic mass is 14.7. The molecule has 0 bridgehead atoms. The summed E-state index contributed by atoms with van der Waals surface area (Å²) in [6.45, 7) is 0. The predicted octanol–water partition coefficient (Wildman–Crippen LogP) is 3.78. The van der Waals surface area contributed by atoms with Crippen LogP contribution in [0.4, 0.5) is 0 Å². The van der Waals surface area contributed by atoms with Gasteiger partial charge in [0.25, 0.3) is 0 Å². The molecule has 16 heavy (non-hydrogen) atoms. The second-order valence-corrected chi connectivity index (χ2v) is 4.59. The monoisotopic (exact) mass is 214 g/mol. The van der Waals surface area contributed by atoms with E-state index >= 15 is 0 Å².